The van der Waals surface area contributed by atoms with Gasteiger partial charge in [0.25, 0.3) is 0 Å². The highest BCUT2D eigenvalue weighted by Gasteiger charge is 2.20. The Bertz CT molecular complexity index is 3350. The standard InChI is InChI=1S/C43H25N3O2/c1-3-11-26(12-4-1)30-17-9-19-35-38(30)32-23-22-29(25-37(32)47-35)42-44-41(28-14-5-2-6-15-28)45-43(46-42)34-18-10-20-36-39(34)33-24-21-27-13-7-8-16-31(27)40(33)48-36/h1-25H/i7D,8D,10D,13D,16D,18D,20D,21D,24D. The zero-order valence-electron chi connectivity index (χ0n) is 33.9. The number of benzene rings is 7. The number of hydrogen-bond donors (Lipinski definition) is 0. The lowest BCUT2D eigenvalue weighted by Gasteiger charge is -2.09. The van der Waals surface area contributed by atoms with E-state index in [1.807, 2.05) is 91.0 Å². The third kappa shape index (κ3) is 4.15. The van der Waals surface area contributed by atoms with Crippen LogP contribution in [-0.4, -0.2) is 15.0 Å². The SMILES string of the molecule is [2H]c1c([2H])c(-c2nc(-c3ccccc3)nc(-c3ccc4c(c3)oc3cccc(-c5ccccc5)c34)n2)c2c(oc3c4c([2H])c([2H])c([2H])c([2H])c4c([2H])c([2H])c32)c1[2H]. The first-order valence-corrected chi connectivity index (χ1v) is 15.2. The van der Waals surface area contributed by atoms with Gasteiger partial charge in [-0.25, -0.2) is 15.0 Å². The molecule has 0 fully saturated rings. The molecule has 0 amide bonds. The summed E-state index contributed by atoms with van der Waals surface area (Å²) in [5, 5.41) is 1.42. The molecule has 0 bridgehead atoms. The predicted molar refractivity (Wildman–Crippen MR) is 194 cm³/mol. The lowest BCUT2D eigenvalue weighted by Crippen LogP contribution is -2.00. The van der Waals surface area contributed by atoms with Gasteiger partial charge in [0.15, 0.2) is 17.5 Å². The Balaban J connectivity index is 1.27. The zero-order valence-corrected chi connectivity index (χ0v) is 24.9. The number of rotatable bonds is 4. The fourth-order valence-electron chi connectivity index (χ4n) is 6.29. The van der Waals surface area contributed by atoms with Gasteiger partial charge >= 0.3 is 0 Å². The van der Waals surface area contributed by atoms with Gasteiger partial charge in [0.05, 0.1) is 12.3 Å². The molecule has 10 aromatic rings. The predicted octanol–water partition coefficient (Wildman–Crippen LogP) is 11.5. The summed E-state index contributed by atoms with van der Waals surface area (Å²) in [5.74, 6) is 0.376. The molecule has 0 radical (unpaired) electrons. The summed E-state index contributed by atoms with van der Waals surface area (Å²) in [6, 6.07) is 26.3. The fourth-order valence-corrected chi connectivity index (χ4v) is 6.29. The highest BCUT2D eigenvalue weighted by molar-refractivity contribution is 6.19. The maximum absolute atomic E-state index is 9.21. The third-order valence-electron chi connectivity index (χ3n) is 8.48. The second-order valence-electron chi connectivity index (χ2n) is 11.3. The minimum atomic E-state index is -0.566. The number of hydrogen-bond acceptors (Lipinski definition) is 5. The van der Waals surface area contributed by atoms with Gasteiger partial charge in [-0.2, -0.15) is 0 Å². The van der Waals surface area contributed by atoms with Gasteiger partial charge in [0, 0.05) is 43.6 Å². The van der Waals surface area contributed by atoms with Crippen LogP contribution in [0.15, 0.2) is 160 Å². The van der Waals surface area contributed by atoms with Crippen LogP contribution < -0.4 is 0 Å². The molecule has 224 valence electrons. The van der Waals surface area contributed by atoms with Crippen molar-refractivity contribution in [2.75, 3.05) is 0 Å². The highest BCUT2D eigenvalue weighted by Crippen LogP contribution is 2.41. The van der Waals surface area contributed by atoms with E-state index in [9.17, 15) is 1.37 Å². The average Bonchev–Trinajstić information content (AvgIpc) is 3.82. The first kappa shape index (κ1) is 19.2. The first-order valence-electron chi connectivity index (χ1n) is 19.7. The second kappa shape index (κ2) is 10.5. The molecule has 0 N–H and O–H groups in total. The van der Waals surface area contributed by atoms with Crippen molar-refractivity contribution < 1.29 is 21.2 Å². The molecule has 0 saturated carbocycles. The smallest absolute Gasteiger partial charge is 0.164 e. The lowest BCUT2D eigenvalue weighted by atomic mass is 9.99. The van der Waals surface area contributed by atoms with Gasteiger partial charge in [-0.3, -0.25) is 0 Å². The monoisotopic (exact) mass is 624 g/mol. The molecule has 5 heteroatoms. The molecule has 0 atom stereocenters. The topological polar surface area (TPSA) is 65.0 Å². The van der Waals surface area contributed by atoms with Gasteiger partial charge in [0.1, 0.15) is 22.3 Å². The normalized spacial score (nSPS) is 14.4. The van der Waals surface area contributed by atoms with Crippen LogP contribution in [-0.2, 0) is 0 Å². The van der Waals surface area contributed by atoms with Crippen molar-refractivity contribution in [1.82, 2.24) is 15.0 Å². The molecule has 3 heterocycles. The number of aromatic nitrogens is 3. The van der Waals surface area contributed by atoms with E-state index in [1.165, 1.54) is 0 Å². The van der Waals surface area contributed by atoms with Crippen molar-refractivity contribution in [3.05, 3.63) is 151 Å². The summed E-state index contributed by atoms with van der Waals surface area (Å²) < 4.78 is 91.3. The quantitative estimate of drug-likeness (QED) is 0.195. The van der Waals surface area contributed by atoms with Gasteiger partial charge in [-0.1, -0.05) is 121 Å². The van der Waals surface area contributed by atoms with E-state index in [0.717, 1.165) is 21.9 Å². The average molecular weight is 625 g/mol. The Labute approximate surface area is 287 Å². The number of furan rings is 2. The van der Waals surface area contributed by atoms with Gasteiger partial charge in [-0.15, -0.1) is 0 Å². The van der Waals surface area contributed by atoms with Crippen LogP contribution in [0.2, 0.25) is 0 Å². The van der Waals surface area contributed by atoms with Gasteiger partial charge in [-0.05, 0) is 46.8 Å². The van der Waals surface area contributed by atoms with Crippen LogP contribution in [0.3, 0.4) is 0 Å². The van der Waals surface area contributed by atoms with Crippen LogP contribution >= 0.6 is 0 Å². The molecule has 48 heavy (non-hydrogen) atoms. The molecule has 3 aromatic heterocycles. The van der Waals surface area contributed by atoms with E-state index in [1.54, 1.807) is 0 Å². The number of nitrogens with zero attached hydrogens (tertiary/aromatic N) is 3. The van der Waals surface area contributed by atoms with Crippen molar-refractivity contribution in [3.63, 3.8) is 0 Å². The molecule has 0 spiro atoms. The van der Waals surface area contributed by atoms with Crippen molar-refractivity contribution in [1.29, 1.82) is 0 Å². The molecule has 7 aromatic carbocycles. The van der Waals surface area contributed by atoms with Crippen LogP contribution in [0, 0.1) is 0 Å². The van der Waals surface area contributed by atoms with Crippen molar-refractivity contribution in [3.8, 4) is 45.3 Å². The van der Waals surface area contributed by atoms with Gasteiger partial charge < -0.3 is 8.83 Å². The summed E-state index contributed by atoms with van der Waals surface area (Å²) in [5.41, 5.74) is 4.09. The fraction of sp³-hybridized carbons (Fsp3) is 0. The molecular weight excluding hydrogens is 590 g/mol. The van der Waals surface area contributed by atoms with Gasteiger partial charge in [0.2, 0.25) is 0 Å². The minimum absolute atomic E-state index is 0.00107. The van der Waals surface area contributed by atoms with Crippen LogP contribution in [0.5, 0.6) is 0 Å². The summed E-state index contributed by atoms with van der Waals surface area (Å²) >= 11 is 0. The Morgan fingerprint density at radius 1 is 0.438 bits per heavy atom. The van der Waals surface area contributed by atoms with Crippen LogP contribution in [0.4, 0.5) is 0 Å². The molecule has 0 aliphatic rings. The summed E-state index contributed by atoms with van der Waals surface area (Å²) in [4.78, 5) is 14.5. The Morgan fingerprint density at radius 3 is 2.04 bits per heavy atom. The van der Waals surface area contributed by atoms with E-state index in [-0.39, 0.29) is 55.7 Å². The Kier molecular flexibility index (Phi) is 4.18. The highest BCUT2D eigenvalue weighted by atomic mass is 16.3. The summed E-state index contributed by atoms with van der Waals surface area (Å²) in [6.45, 7) is 0. The van der Waals surface area contributed by atoms with E-state index in [2.05, 4.69) is 6.07 Å². The molecule has 0 aliphatic heterocycles. The summed E-state index contributed by atoms with van der Waals surface area (Å²) in [6.07, 6.45) is 0. The molecule has 0 unspecified atom stereocenters. The number of fused-ring (bicyclic) bond motifs is 8. The Morgan fingerprint density at radius 2 is 1.19 bits per heavy atom. The molecule has 10 rings (SSSR count). The second-order valence-corrected chi connectivity index (χ2v) is 11.3. The van der Waals surface area contributed by atoms with Crippen LogP contribution in [0.1, 0.15) is 12.3 Å². The molecule has 0 aliphatic carbocycles. The van der Waals surface area contributed by atoms with E-state index >= 15 is 0 Å². The largest absolute Gasteiger partial charge is 0.456 e. The van der Waals surface area contributed by atoms with Crippen LogP contribution in [0.25, 0.3) is 99.9 Å². The maximum atomic E-state index is 9.21. The molecular formula is C43H25N3O2. The van der Waals surface area contributed by atoms with Crippen molar-refractivity contribution >= 4 is 54.6 Å². The summed E-state index contributed by atoms with van der Waals surface area (Å²) in [7, 11) is 0. The Hall–Kier alpha value is -6.59. The first-order chi connectivity index (χ1) is 27.5. The maximum Gasteiger partial charge on any atom is 0.164 e. The molecule has 5 nitrogen and oxygen atoms in total. The van der Waals surface area contributed by atoms with Crippen molar-refractivity contribution in [2.24, 2.45) is 0 Å². The minimum Gasteiger partial charge on any atom is -0.456 e. The zero-order chi connectivity index (χ0) is 39.4. The van der Waals surface area contributed by atoms with E-state index in [4.69, 9.17) is 34.8 Å². The van der Waals surface area contributed by atoms with Crippen molar-refractivity contribution in [2.45, 2.75) is 0 Å². The van der Waals surface area contributed by atoms with E-state index in [0.29, 0.717) is 22.3 Å². The third-order valence-corrected chi connectivity index (χ3v) is 8.48. The van der Waals surface area contributed by atoms with E-state index < -0.39 is 54.4 Å². The lowest BCUT2D eigenvalue weighted by molar-refractivity contribution is 0.669. The molecule has 0 saturated heterocycles.